The monoisotopic (exact) mass is 493 g/mol. The highest BCUT2D eigenvalue weighted by molar-refractivity contribution is 7.98. The van der Waals surface area contributed by atoms with Crippen molar-refractivity contribution in [1.29, 1.82) is 0 Å². The third kappa shape index (κ3) is 4.89. The first kappa shape index (κ1) is 23.1. The minimum atomic E-state index is -0.0783. The zero-order valence-electron chi connectivity index (χ0n) is 19.1. The maximum Gasteiger partial charge on any atom is 0.272 e. The molecule has 0 aliphatic carbocycles. The van der Waals surface area contributed by atoms with Crippen LogP contribution in [0.25, 0.3) is 20.3 Å². The van der Waals surface area contributed by atoms with Gasteiger partial charge in [0.15, 0.2) is 5.16 Å². The number of thiophene rings is 1. The molecule has 0 bridgehead atoms. The van der Waals surface area contributed by atoms with Crippen LogP contribution in [0.5, 0.6) is 0 Å². The van der Waals surface area contributed by atoms with Gasteiger partial charge >= 0.3 is 0 Å². The van der Waals surface area contributed by atoms with Crippen molar-refractivity contribution < 1.29 is 9.53 Å². The second-order valence-electron chi connectivity index (χ2n) is 8.53. The van der Waals surface area contributed by atoms with Crippen LogP contribution in [0.1, 0.15) is 30.4 Å². The van der Waals surface area contributed by atoms with E-state index in [2.05, 4.69) is 24.4 Å². The summed E-state index contributed by atoms with van der Waals surface area (Å²) in [6.45, 7) is 3.67. The van der Waals surface area contributed by atoms with E-state index in [1.54, 1.807) is 16.3 Å². The minimum absolute atomic E-state index is 0.0753. The van der Waals surface area contributed by atoms with E-state index >= 15 is 0 Å². The lowest BCUT2D eigenvalue weighted by molar-refractivity contribution is -0.121. The Hall–Kier alpha value is -2.68. The van der Waals surface area contributed by atoms with Gasteiger partial charge in [-0.25, -0.2) is 4.98 Å². The van der Waals surface area contributed by atoms with Crippen LogP contribution in [-0.4, -0.2) is 34.7 Å². The van der Waals surface area contributed by atoms with Crippen molar-refractivity contribution >= 4 is 49.3 Å². The summed E-state index contributed by atoms with van der Waals surface area (Å²) in [5, 5.41) is 4.60. The Morgan fingerprint density at radius 2 is 2.06 bits per heavy atom. The second kappa shape index (κ2) is 10.3. The molecule has 5 rings (SSSR count). The molecule has 1 aliphatic rings. The molecule has 8 heteroatoms. The summed E-state index contributed by atoms with van der Waals surface area (Å²) >= 11 is 3.01. The van der Waals surface area contributed by atoms with E-state index in [4.69, 9.17) is 9.72 Å². The Kier molecular flexibility index (Phi) is 6.99. The van der Waals surface area contributed by atoms with E-state index in [1.807, 2.05) is 36.4 Å². The number of thioether (sulfide) groups is 1. The molecule has 0 radical (unpaired) electrons. The SMILES string of the molecule is Cc1ccccc1CSc1nc2c(sc3ccccc32)c(=O)n1CCC(=O)NC[C@H]1CCCO1. The van der Waals surface area contributed by atoms with Crippen molar-refractivity contribution in [3.8, 4) is 0 Å². The first-order valence-electron chi connectivity index (χ1n) is 11.6. The molecule has 176 valence electrons. The standard InChI is InChI=1S/C26H27N3O3S2/c1-17-7-2-3-8-18(17)16-33-26-28-23-20-10-4-5-11-21(20)34-24(23)25(31)29(26)13-12-22(30)27-15-19-9-6-14-32-19/h2-5,7-8,10-11,19H,6,9,12-16H2,1H3,(H,27,30)/t19-/m1/s1. The maximum absolute atomic E-state index is 13.5. The van der Waals surface area contributed by atoms with Gasteiger partial charge in [0.2, 0.25) is 5.91 Å². The summed E-state index contributed by atoms with van der Waals surface area (Å²) < 4.78 is 8.94. The van der Waals surface area contributed by atoms with Gasteiger partial charge in [0, 0.05) is 42.0 Å². The van der Waals surface area contributed by atoms with Crippen molar-refractivity contribution in [3.05, 3.63) is 70.0 Å². The predicted molar refractivity (Wildman–Crippen MR) is 139 cm³/mol. The molecule has 1 amide bonds. The lowest BCUT2D eigenvalue weighted by Gasteiger charge is -2.14. The zero-order valence-corrected chi connectivity index (χ0v) is 20.7. The number of ether oxygens (including phenoxy) is 1. The molecule has 1 N–H and O–H groups in total. The van der Waals surface area contributed by atoms with Gasteiger partial charge < -0.3 is 10.1 Å². The first-order chi connectivity index (χ1) is 16.6. The van der Waals surface area contributed by atoms with E-state index in [9.17, 15) is 9.59 Å². The van der Waals surface area contributed by atoms with Crippen LogP contribution in [-0.2, 0) is 21.8 Å². The Bertz CT molecular complexity index is 1390. The average molecular weight is 494 g/mol. The van der Waals surface area contributed by atoms with Crippen molar-refractivity contribution in [2.75, 3.05) is 13.2 Å². The molecular formula is C26H27N3O3S2. The molecule has 1 atom stereocenters. The highest BCUT2D eigenvalue weighted by atomic mass is 32.2. The molecule has 0 unspecified atom stereocenters. The average Bonchev–Trinajstić information content (AvgIpc) is 3.50. The van der Waals surface area contributed by atoms with E-state index in [0.717, 1.165) is 35.1 Å². The summed E-state index contributed by atoms with van der Waals surface area (Å²) in [5.74, 6) is 0.631. The zero-order chi connectivity index (χ0) is 23.5. The number of aryl methyl sites for hydroxylation is 1. The van der Waals surface area contributed by atoms with Crippen LogP contribution in [0.15, 0.2) is 58.5 Å². The Morgan fingerprint density at radius 1 is 1.24 bits per heavy atom. The molecule has 1 saturated heterocycles. The smallest absolute Gasteiger partial charge is 0.272 e. The number of rotatable bonds is 8. The lowest BCUT2D eigenvalue weighted by atomic mass is 10.1. The molecule has 0 saturated carbocycles. The number of hydrogen-bond acceptors (Lipinski definition) is 6. The number of nitrogens with zero attached hydrogens (tertiary/aromatic N) is 2. The summed E-state index contributed by atoms with van der Waals surface area (Å²) in [7, 11) is 0. The minimum Gasteiger partial charge on any atom is -0.376 e. The molecule has 1 aliphatic heterocycles. The first-order valence-corrected chi connectivity index (χ1v) is 13.4. The third-order valence-corrected chi connectivity index (χ3v) is 8.35. The van der Waals surface area contributed by atoms with Crippen LogP contribution < -0.4 is 10.9 Å². The van der Waals surface area contributed by atoms with Crippen molar-refractivity contribution in [2.45, 2.75) is 49.7 Å². The van der Waals surface area contributed by atoms with Gasteiger partial charge in [0.25, 0.3) is 5.56 Å². The summed E-state index contributed by atoms with van der Waals surface area (Å²) in [4.78, 5) is 31.0. The number of aromatic nitrogens is 2. The molecule has 2 aromatic heterocycles. The Morgan fingerprint density at radius 3 is 2.88 bits per heavy atom. The van der Waals surface area contributed by atoms with Crippen molar-refractivity contribution in [2.24, 2.45) is 0 Å². The number of carbonyl (C=O) groups is 1. The molecule has 34 heavy (non-hydrogen) atoms. The van der Waals surface area contributed by atoms with E-state index in [1.165, 1.54) is 22.5 Å². The van der Waals surface area contributed by atoms with Gasteiger partial charge in [-0.1, -0.05) is 54.2 Å². The Labute approximate surface area is 206 Å². The van der Waals surface area contributed by atoms with E-state index in [0.29, 0.717) is 28.7 Å². The molecule has 0 spiro atoms. The number of amides is 1. The molecule has 4 aromatic rings. The quantitative estimate of drug-likeness (QED) is 0.279. The van der Waals surface area contributed by atoms with Crippen LogP contribution in [0.2, 0.25) is 0 Å². The molecule has 6 nitrogen and oxygen atoms in total. The molecule has 1 fully saturated rings. The van der Waals surface area contributed by atoms with Gasteiger partial charge in [0.1, 0.15) is 4.70 Å². The van der Waals surface area contributed by atoms with E-state index in [-0.39, 0.29) is 24.0 Å². The predicted octanol–water partition coefficient (Wildman–Crippen LogP) is 4.90. The highest BCUT2D eigenvalue weighted by Gasteiger charge is 2.19. The van der Waals surface area contributed by atoms with Crippen LogP contribution in [0.4, 0.5) is 0 Å². The molecular weight excluding hydrogens is 466 g/mol. The maximum atomic E-state index is 13.5. The largest absolute Gasteiger partial charge is 0.376 e. The second-order valence-corrected chi connectivity index (χ2v) is 10.5. The fourth-order valence-electron chi connectivity index (χ4n) is 4.21. The van der Waals surface area contributed by atoms with Crippen molar-refractivity contribution in [1.82, 2.24) is 14.9 Å². The van der Waals surface area contributed by atoms with Crippen LogP contribution in [0, 0.1) is 6.92 Å². The van der Waals surface area contributed by atoms with E-state index < -0.39 is 0 Å². The van der Waals surface area contributed by atoms with Crippen molar-refractivity contribution in [3.63, 3.8) is 0 Å². The number of nitrogens with one attached hydrogen (secondary N) is 1. The van der Waals surface area contributed by atoms with Crippen LogP contribution >= 0.6 is 23.1 Å². The van der Waals surface area contributed by atoms with Gasteiger partial charge in [0.05, 0.1) is 11.6 Å². The summed E-state index contributed by atoms with van der Waals surface area (Å²) in [6, 6.07) is 16.2. The Balaban J connectivity index is 1.42. The third-order valence-electron chi connectivity index (χ3n) is 6.18. The van der Waals surface area contributed by atoms with Gasteiger partial charge in [-0.2, -0.15) is 0 Å². The number of carbonyl (C=O) groups excluding carboxylic acids is 1. The normalized spacial score (nSPS) is 15.9. The van der Waals surface area contributed by atoms with Gasteiger partial charge in [-0.3, -0.25) is 14.2 Å². The molecule has 3 heterocycles. The fraction of sp³-hybridized carbons (Fsp3) is 0.346. The summed E-state index contributed by atoms with van der Waals surface area (Å²) in [6.07, 6.45) is 2.34. The lowest BCUT2D eigenvalue weighted by Crippen LogP contribution is -2.33. The highest BCUT2D eigenvalue weighted by Crippen LogP contribution is 2.32. The number of fused-ring (bicyclic) bond motifs is 3. The topological polar surface area (TPSA) is 73.2 Å². The molecule has 2 aromatic carbocycles. The fourth-order valence-corrected chi connectivity index (χ4v) is 6.40. The summed E-state index contributed by atoms with van der Waals surface area (Å²) in [5.41, 5.74) is 3.08. The number of hydrogen-bond donors (Lipinski definition) is 1. The van der Waals surface area contributed by atoms with Gasteiger partial charge in [-0.15, -0.1) is 11.3 Å². The number of benzene rings is 2. The van der Waals surface area contributed by atoms with Crippen LogP contribution in [0.3, 0.4) is 0 Å². The van der Waals surface area contributed by atoms with Gasteiger partial charge in [-0.05, 0) is 37.0 Å².